The zero-order chi connectivity index (χ0) is 12.7. The summed E-state index contributed by atoms with van der Waals surface area (Å²) in [6.07, 6.45) is 0.285. The van der Waals surface area contributed by atoms with Gasteiger partial charge >= 0.3 is 0 Å². The van der Waals surface area contributed by atoms with Gasteiger partial charge in [-0.3, -0.25) is 4.79 Å². The highest BCUT2D eigenvalue weighted by Gasteiger charge is 2.08. The van der Waals surface area contributed by atoms with Crippen molar-refractivity contribution in [3.63, 3.8) is 0 Å². The fourth-order valence-corrected chi connectivity index (χ4v) is 1.27. The Labute approximate surface area is 100.0 Å². The molecular formula is C12H14N2O3. The van der Waals surface area contributed by atoms with Crippen LogP contribution in [0, 0.1) is 11.3 Å². The lowest BCUT2D eigenvalue weighted by Crippen LogP contribution is -2.24. The van der Waals surface area contributed by atoms with E-state index in [0.717, 1.165) is 0 Å². The lowest BCUT2D eigenvalue weighted by Gasteiger charge is -2.08. The number of hydrogen-bond donors (Lipinski definition) is 1. The van der Waals surface area contributed by atoms with Crippen LogP contribution in [0.5, 0.6) is 11.5 Å². The van der Waals surface area contributed by atoms with Crippen molar-refractivity contribution in [2.75, 3.05) is 20.8 Å². The van der Waals surface area contributed by atoms with Crippen LogP contribution in [0.15, 0.2) is 18.2 Å². The van der Waals surface area contributed by atoms with E-state index in [2.05, 4.69) is 5.32 Å². The number of nitriles is 1. The van der Waals surface area contributed by atoms with Crippen LogP contribution in [0.3, 0.4) is 0 Å². The number of rotatable bonds is 5. The molecule has 0 aliphatic heterocycles. The lowest BCUT2D eigenvalue weighted by molar-refractivity contribution is 0.0954. The van der Waals surface area contributed by atoms with E-state index in [-0.39, 0.29) is 12.3 Å². The summed E-state index contributed by atoms with van der Waals surface area (Å²) in [6, 6.07) is 6.87. The minimum Gasteiger partial charge on any atom is -0.497 e. The average Bonchev–Trinajstić information content (AvgIpc) is 2.38. The first-order valence-corrected chi connectivity index (χ1v) is 5.09. The van der Waals surface area contributed by atoms with Gasteiger partial charge in [-0.05, 0) is 12.1 Å². The molecule has 0 aromatic heterocycles. The van der Waals surface area contributed by atoms with Gasteiger partial charge in [0.15, 0.2) is 0 Å². The number of carbonyl (C=O) groups excluding carboxylic acids is 1. The molecule has 0 heterocycles. The highest BCUT2D eigenvalue weighted by Crippen LogP contribution is 2.22. The standard InChI is InChI=1S/C12H14N2O3/c1-16-10-6-9(7-11(8-10)17-2)12(15)14-5-3-4-13/h6-8H,3,5H2,1-2H3,(H,14,15). The predicted octanol–water partition coefficient (Wildman–Crippen LogP) is 1.35. The summed E-state index contributed by atoms with van der Waals surface area (Å²) in [6.45, 7) is 0.328. The van der Waals surface area contributed by atoms with E-state index in [1.54, 1.807) is 18.2 Å². The SMILES string of the molecule is COc1cc(OC)cc(C(=O)NCCC#N)c1. The van der Waals surface area contributed by atoms with Crippen LogP contribution in [0.2, 0.25) is 0 Å². The number of ether oxygens (including phenoxy) is 2. The largest absolute Gasteiger partial charge is 0.497 e. The quantitative estimate of drug-likeness (QED) is 0.780. The molecule has 1 rings (SSSR count). The number of carbonyl (C=O) groups is 1. The first-order valence-electron chi connectivity index (χ1n) is 5.09. The predicted molar refractivity (Wildman–Crippen MR) is 62.1 cm³/mol. The third-order valence-corrected chi connectivity index (χ3v) is 2.14. The summed E-state index contributed by atoms with van der Waals surface area (Å²) >= 11 is 0. The molecule has 17 heavy (non-hydrogen) atoms. The van der Waals surface area contributed by atoms with Gasteiger partial charge in [-0.15, -0.1) is 0 Å². The van der Waals surface area contributed by atoms with Gasteiger partial charge in [-0.2, -0.15) is 5.26 Å². The molecule has 0 aliphatic carbocycles. The van der Waals surface area contributed by atoms with E-state index in [1.807, 2.05) is 6.07 Å². The fraction of sp³-hybridized carbons (Fsp3) is 0.333. The van der Waals surface area contributed by atoms with E-state index >= 15 is 0 Å². The van der Waals surface area contributed by atoms with E-state index in [4.69, 9.17) is 14.7 Å². The average molecular weight is 234 g/mol. The number of hydrogen-bond acceptors (Lipinski definition) is 4. The minimum atomic E-state index is -0.252. The van der Waals surface area contributed by atoms with E-state index < -0.39 is 0 Å². The molecule has 0 radical (unpaired) electrons. The Morgan fingerprint density at radius 3 is 2.35 bits per heavy atom. The second kappa shape index (κ2) is 6.38. The molecular weight excluding hydrogens is 220 g/mol. The highest BCUT2D eigenvalue weighted by atomic mass is 16.5. The molecule has 0 spiro atoms. The van der Waals surface area contributed by atoms with Gasteiger partial charge in [-0.25, -0.2) is 0 Å². The molecule has 0 saturated heterocycles. The van der Waals surface area contributed by atoms with Gasteiger partial charge in [0.1, 0.15) is 11.5 Å². The highest BCUT2D eigenvalue weighted by molar-refractivity contribution is 5.95. The number of benzene rings is 1. The Morgan fingerprint density at radius 1 is 1.29 bits per heavy atom. The first kappa shape index (κ1) is 12.8. The molecule has 0 fully saturated rings. The molecule has 90 valence electrons. The number of nitrogens with one attached hydrogen (secondary N) is 1. The molecule has 1 amide bonds. The Bertz CT molecular complexity index is 416. The normalized spacial score (nSPS) is 9.24. The zero-order valence-corrected chi connectivity index (χ0v) is 9.82. The summed E-state index contributed by atoms with van der Waals surface area (Å²) in [4.78, 5) is 11.7. The van der Waals surface area contributed by atoms with Crippen molar-refractivity contribution >= 4 is 5.91 Å². The maximum absolute atomic E-state index is 11.7. The maximum Gasteiger partial charge on any atom is 0.251 e. The van der Waals surface area contributed by atoms with E-state index in [9.17, 15) is 4.79 Å². The van der Waals surface area contributed by atoms with Crippen molar-refractivity contribution in [3.8, 4) is 17.6 Å². The monoisotopic (exact) mass is 234 g/mol. The summed E-state index contributed by atoms with van der Waals surface area (Å²) in [5, 5.41) is 11.0. The Kier molecular flexibility index (Phi) is 4.82. The molecule has 0 atom stereocenters. The van der Waals surface area contributed by atoms with Crippen molar-refractivity contribution in [1.29, 1.82) is 5.26 Å². The van der Waals surface area contributed by atoms with Crippen LogP contribution < -0.4 is 14.8 Å². The van der Waals surface area contributed by atoms with Crippen molar-refractivity contribution in [2.45, 2.75) is 6.42 Å². The topological polar surface area (TPSA) is 71.3 Å². The number of methoxy groups -OCH3 is 2. The lowest BCUT2D eigenvalue weighted by atomic mass is 10.2. The molecule has 0 aliphatic rings. The summed E-state index contributed by atoms with van der Waals surface area (Å²) in [5.74, 6) is 0.849. The summed E-state index contributed by atoms with van der Waals surface area (Å²) in [7, 11) is 3.04. The van der Waals surface area contributed by atoms with Crippen LogP contribution in [0.25, 0.3) is 0 Å². The Hall–Kier alpha value is -2.22. The van der Waals surface area contributed by atoms with Crippen LogP contribution in [0.4, 0.5) is 0 Å². The van der Waals surface area contributed by atoms with Crippen LogP contribution in [-0.4, -0.2) is 26.7 Å². The Balaban J connectivity index is 2.82. The smallest absolute Gasteiger partial charge is 0.251 e. The van der Waals surface area contributed by atoms with Gasteiger partial charge in [-0.1, -0.05) is 0 Å². The second-order valence-corrected chi connectivity index (χ2v) is 3.27. The van der Waals surface area contributed by atoms with Crippen molar-refractivity contribution < 1.29 is 14.3 Å². The molecule has 1 aromatic carbocycles. The van der Waals surface area contributed by atoms with Crippen molar-refractivity contribution in [2.24, 2.45) is 0 Å². The van der Waals surface area contributed by atoms with Gasteiger partial charge in [0, 0.05) is 18.2 Å². The maximum atomic E-state index is 11.7. The van der Waals surface area contributed by atoms with E-state index in [0.29, 0.717) is 23.6 Å². The third-order valence-electron chi connectivity index (χ3n) is 2.14. The van der Waals surface area contributed by atoms with Gasteiger partial charge in [0.25, 0.3) is 5.91 Å². The van der Waals surface area contributed by atoms with Gasteiger partial charge < -0.3 is 14.8 Å². The zero-order valence-electron chi connectivity index (χ0n) is 9.82. The summed E-state index contributed by atoms with van der Waals surface area (Å²) < 4.78 is 10.1. The molecule has 5 nitrogen and oxygen atoms in total. The van der Waals surface area contributed by atoms with Crippen LogP contribution in [0.1, 0.15) is 16.8 Å². The van der Waals surface area contributed by atoms with Gasteiger partial charge in [0.2, 0.25) is 0 Å². The van der Waals surface area contributed by atoms with Crippen molar-refractivity contribution in [3.05, 3.63) is 23.8 Å². The minimum absolute atomic E-state index is 0.252. The molecule has 0 bridgehead atoms. The Morgan fingerprint density at radius 2 is 1.88 bits per heavy atom. The second-order valence-electron chi connectivity index (χ2n) is 3.27. The van der Waals surface area contributed by atoms with E-state index in [1.165, 1.54) is 14.2 Å². The molecule has 1 aromatic rings. The van der Waals surface area contributed by atoms with Gasteiger partial charge in [0.05, 0.1) is 26.7 Å². The first-order chi connectivity index (χ1) is 8.21. The van der Waals surface area contributed by atoms with Crippen molar-refractivity contribution in [1.82, 2.24) is 5.32 Å². The third kappa shape index (κ3) is 3.68. The molecule has 5 heteroatoms. The number of amides is 1. The van der Waals surface area contributed by atoms with Crippen LogP contribution in [-0.2, 0) is 0 Å². The number of nitrogens with zero attached hydrogens (tertiary/aromatic N) is 1. The molecule has 0 saturated carbocycles. The fourth-order valence-electron chi connectivity index (χ4n) is 1.27. The molecule has 1 N–H and O–H groups in total. The molecule has 0 unspecified atom stereocenters. The van der Waals surface area contributed by atoms with Crippen LogP contribution >= 0.6 is 0 Å². The summed E-state index contributed by atoms with van der Waals surface area (Å²) in [5.41, 5.74) is 0.444.